The van der Waals surface area contributed by atoms with E-state index in [1.54, 1.807) is 18.2 Å². The van der Waals surface area contributed by atoms with E-state index in [0.717, 1.165) is 43.0 Å². The van der Waals surface area contributed by atoms with Crippen LogP contribution in [-0.2, 0) is 0 Å². The van der Waals surface area contributed by atoms with Gasteiger partial charge in [-0.15, -0.1) is 0 Å². The van der Waals surface area contributed by atoms with E-state index in [1.807, 2.05) is 6.07 Å². The van der Waals surface area contributed by atoms with Crippen molar-refractivity contribution < 1.29 is 9.18 Å². The fourth-order valence-corrected chi connectivity index (χ4v) is 4.97. The molecule has 1 amide bonds. The van der Waals surface area contributed by atoms with E-state index in [4.69, 9.17) is 27.3 Å². The highest BCUT2D eigenvalue weighted by Crippen LogP contribution is 2.31. The van der Waals surface area contributed by atoms with Crippen LogP contribution in [0.4, 0.5) is 22.0 Å². The smallest absolute Gasteiger partial charge is 0.250 e. The number of piperazine rings is 1. The second-order valence-corrected chi connectivity index (χ2v) is 9.40. The molecule has 2 aliphatic heterocycles. The summed E-state index contributed by atoms with van der Waals surface area (Å²) in [5.41, 5.74) is 7.26. The van der Waals surface area contributed by atoms with Crippen molar-refractivity contribution in [2.75, 3.05) is 47.4 Å². The van der Waals surface area contributed by atoms with Gasteiger partial charge in [0.15, 0.2) is 0 Å². The van der Waals surface area contributed by atoms with Gasteiger partial charge in [0.05, 0.1) is 16.3 Å². The van der Waals surface area contributed by atoms with Crippen LogP contribution >= 0.6 is 11.6 Å². The molecule has 2 aliphatic rings. The molecule has 0 saturated carbocycles. The van der Waals surface area contributed by atoms with E-state index in [0.29, 0.717) is 36.4 Å². The summed E-state index contributed by atoms with van der Waals surface area (Å²) in [7, 11) is 0. The molecule has 5 rings (SSSR count). The summed E-state index contributed by atoms with van der Waals surface area (Å²) >= 11 is 6.42. The Labute approximate surface area is 208 Å². The predicted octanol–water partition coefficient (Wildman–Crippen LogP) is 3.75. The van der Waals surface area contributed by atoms with Gasteiger partial charge < -0.3 is 20.4 Å². The van der Waals surface area contributed by atoms with Gasteiger partial charge in [-0.2, -0.15) is 4.98 Å². The maximum Gasteiger partial charge on any atom is 0.250 e. The lowest BCUT2D eigenvalue weighted by molar-refractivity contribution is 0.1000. The molecule has 0 bridgehead atoms. The topological polar surface area (TPSA) is 91.5 Å². The molecular formula is C25H27ClFN7O. The molecule has 2 aromatic heterocycles. The molecule has 0 unspecified atom stereocenters. The van der Waals surface area contributed by atoms with Gasteiger partial charge in [-0.05, 0) is 50.1 Å². The molecule has 0 aliphatic carbocycles. The highest BCUT2D eigenvalue weighted by atomic mass is 35.5. The van der Waals surface area contributed by atoms with Crippen molar-refractivity contribution in [1.29, 1.82) is 0 Å². The predicted molar refractivity (Wildman–Crippen MR) is 136 cm³/mol. The Morgan fingerprint density at radius 2 is 1.80 bits per heavy atom. The summed E-state index contributed by atoms with van der Waals surface area (Å²) in [6, 6.07) is 10.1. The molecule has 2 N–H and O–H groups in total. The zero-order chi connectivity index (χ0) is 24.5. The fourth-order valence-electron chi connectivity index (χ4n) is 4.68. The molecule has 2 fully saturated rings. The minimum absolute atomic E-state index is 0.111. The number of halogens is 2. The summed E-state index contributed by atoms with van der Waals surface area (Å²) in [5, 5.41) is 0.402. The van der Waals surface area contributed by atoms with Gasteiger partial charge in [-0.25, -0.2) is 14.4 Å². The van der Waals surface area contributed by atoms with Gasteiger partial charge in [0.25, 0.3) is 0 Å². The minimum Gasteiger partial charge on any atom is -0.366 e. The number of rotatable bonds is 5. The van der Waals surface area contributed by atoms with Gasteiger partial charge in [0.2, 0.25) is 11.9 Å². The van der Waals surface area contributed by atoms with Gasteiger partial charge in [-0.1, -0.05) is 11.6 Å². The molecule has 8 nitrogen and oxygen atoms in total. The van der Waals surface area contributed by atoms with Gasteiger partial charge in [-0.3, -0.25) is 4.79 Å². The second kappa shape index (κ2) is 9.65. The van der Waals surface area contributed by atoms with Crippen molar-refractivity contribution in [1.82, 2.24) is 15.0 Å². The Hall–Kier alpha value is -3.46. The summed E-state index contributed by atoms with van der Waals surface area (Å²) in [5.74, 6) is 1.36. The van der Waals surface area contributed by atoms with E-state index >= 15 is 0 Å². The number of benzene rings is 1. The van der Waals surface area contributed by atoms with Crippen LogP contribution in [0, 0.1) is 5.82 Å². The third-order valence-corrected chi connectivity index (χ3v) is 6.84. The molecule has 182 valence electrons. The van der Waals surface area contributed by atoms with Crippen LogP contribution in [-0.4, -0.2) is 59.6 Å². The number of pyridine rings is 1. The molecule has 1 aromatic carbocycles. The van der Waals surface area contributed by atoms with Crippen LogP contribution in [0.5, 0.6) is 0 Å². The lowest BCUT2D eigenvalue weighted by atomic mass is 10.1. The van der Waals surface area contributed by atoms with E-state index in [-0.39, 0.29) is 17.4 Å². The third kappa shape index (κ3) is 4.86. The van der Waals surface area contributed by atoms with E-state index in [1.165, 1.54) is 18.3 Å². The van der Waals surface area contributed by atoms with Crippen LogP contribution in [0.3, 0.4) is 0 Å². The van der Waals surface area contributed by atoms with E-state index < -0.39 is 5.91 Å². The Morgan fingerprint density at radius 3 is 2.46 bits per heavy atom. The summed E-state index contributed by atoms with van der Waals surface area (Å²) < 4.78 is 13.5. The number of carbonyl (C=O) groups is 1. The quantitative estimate of drug-likeness (QED) is 0.576. The summed E-state index contributed by atoms with van der Waals surface area (Å²) in [6.07, 6.45) is 3.70. The van der Waals surface area contributed by atoms with Gasteiger partial charge in [0.1, 0.15) is 17.5 Å². The Balaban J connectivity index is 1.42. The third-order valence-electron chi connectivity index (χ3n) is 6.56. The first-order valence-electron chi connectivity index (χ1n) is 11.8. The average molecular weight is 496 g/mol. The zero-order valence-electron chi connectivity index (χ0n) is 19.5. The first-order chi connectivity index (χ1) is 16.9. The van der Waals surface area contributed by atoms with E-state index in [2.05, 4.69) is 26.6 Å². The normalized spacial score (nSPS) is 18.3. The molecule has 4 heterocycles. The van der Waals surface area contributed by atoms with Crippen molar-refractivity contribution >= 4 is 35.1 Å². The van der Waals surface area contributed by atoms with Crippen molar-refractivity contribution in [3.05, 3.63) is 59.0 Å². The highest BCUT2D eigenvalue weighted by molar-refractivity contribution is 6.33. The van der Waals surface area contributed by atoms with Gasteiger partial charge in [0, 0.05) is 56.6 Å². The Kier molecular flexibility index (Phi) is 6.42. The second-order valence-electron chi connectivity index (χ2n) is 8.99. The van der Waals surface area contributed by atoms with E-state index in [9.17, 15) is 9.18 Å². The summed E-state index contributed by atoms with van der Waals surface area (Å²) in [6.45, 7) is 6.06. The van der Waals surface area contributed by atoms with Crippen LogP contribution in [0.25, 0.3) is 11.3 Å². The Morgan fingerprint density at radius 1 is 1.06 bits per heavy atom. The van der Waals surface area contributed by atoms with Crippen molar-refractivity contribution in [3.63, 3.8) is 0 Å². The molecule has 3 aromatic rings. The minimum atomic E-state index is -0.557. The Bertz CT molecular complexity index is 1230. The standard InChI is InChI=1S/C25H27ClFN7O/c1-16-15-33(24-20(26)12-18(14-29-24)23(28)35)10-11-34(16)22-13-21(17-4-6-19(27)7-5-17)30-25(31-22)32-8-2-3-9-32/h4-7,12-14,16H,2-3,8-11,15H2,1H3,(H2,28,35)/t16-/m1/s1. The van der Waals surface area contributed by atoms with Gasteiger partial charge >= 0.3 is 0 Å². The molecular weight excluding hydrogens is 469 g/mol. The maximum atomic E-state index is 13.5. The number of anilines is 3. The molecule has 0 radical (unpaired) electrons. The number of primary amides is 1. The molecule has 10 heteroatoms. The first-order valence-corrected chi connectivity index (χ1v) is 12.1. The van der Waals surface area contributed by atoms with Crippen molar-refractivity contribution in [2.45, 2.75) is 25.8 Å². The van der Waals surface area contributed by atoms with Crippen molar-refractivity contribution in [3.8, 4) is 11.3 Å². The highest BCUT2D eigenvalue weighted by Gasteiger charge is 2.28. The van der Waals surface area contributed by atoms with Crippen LogP contribution in [0.15, 0.2) is 42.6 Å². The van der Waals surface area contributed by atoms with Crippen LogP contribution < -0.4 is 20.4 Å². The number of amides is 1. The number of aromatic nitrogens is 3. The lowest BCUT2D eigenvalue weighted by Gasteiger charge is -2.41. The maximum absolute atomic E-state index is 13.5. The molecule has 2 saturated heterocycles. The molecule has 1 atom stereocenters. The monoisotopic (exact) mass is 495 g/mol. The molecule has 35 heavy (non-hydrogen) atoms. The summed E-state index contributed by atoms with van der Waals surface area (Å²) in [4.78, 5) is 32.2. The lowest BCUT2D eigenvalue weighted by Crippen LogP contribution is -2.52. The SMILES string of the molecule is C[C@@H]1CN(c2ncc(C(N)=O)cc2Cl)CCN1c1cc(-c2ccc(F)cc2)nc(N2CCCC2)n1. The van der Waals surface area contributed by atoms with Crippen molar-refractivity contribution in [2.24, 2.45) is 5.73 Å². The largest absolute Gasteiger partial charge is 0.366 e. The number of hydrogen-bond donors (Lipinski definition) is 1. The zero-order valence-corrected chi connectivity index (χ0v) is 20.2. The number of nitrogens with zero attached hydrogens (tertiary/aromatic N) is 6. The number of hydrogen-bond acceptors (Lipinski definition) is 7. The fraction of sp³-hybridized carbons (Fsp3) is 0.360. The number of nitrogens with two attached hydrogens (primary N) is 1. The van der Waals surface area contributed by atoms with Crippen LogP contribution in [0.1, 0.15) is 30.1 Å². The number of carbonyl (C=O) groups excluding carboxylic acids is 1. The van der Waals surface area contributed by atoms with Crippen LogP contribution in [0.2, 0.25) is 5.02 Å². The first kappa shape index (κ1) is 23.3. The average Bonchev–Trinajstić information content (AvgIpc) is 3.39. The molecule has 0 spiro atoms.